The number of hydrogen-bond donors (Lipinski definition) is 2. The maximum Gasteiger partial charge on any atom is 0.261 e. The Balaban J connectivity index is 2.52. The number of ether oxygens (including phenoxy) is 1. The van der Waals surface area contributed by atoms with E-state index in [2.05, 4.69) is 4.98 Å². The first kappa shape index (κ1) is 11.6. The summed E-state index contributed by atoms with van der Waals surface area (Å²) in [5, 5.41) is 9.26. The van der Waals surface area contributed by atoms with Crippen molar-refractivity contribution >= 4 is 16.6 Å². The molecule has 2 rings (SSSR count). The SMILES string of the molecule is COCCn1cnc2ccc(NO)cc2c1=O. The summed E-state index contributed by atoms with van der Waals surface area (Å²) in [4.78, 5) is 16.2. The molecular weight excluding hydrogens is 222 g/mol. The predicted octanol–water partition coefficient (Wildman–Crippen LogP) is 0.844. The summed E-state index contributed by atoms with van der Waals surface area (Å²) in [6.45, 7) is 0.903. The first-order valence-electron chi connectivity index (χ1n) is 5.14. The average molecular weight is 235 g/mol. The zero-order chi connectivity index (χ0) is 12.3. The zero-order valence-electron chi connectivity index (χ0n) is 9.38. The highest BCUT2D eigenvalue weighted by Gasteiger charge is 2.04. The van der Waals surface area contributed by atoms with Crippen molar-refractivity contribution in [3.05, 3.63) is 34.9 Å². The van der Waals surface area contributed by atoms with Gasteiger partial charge in [-0.05, 0) is 18.2 Å². The second kappa shape index (κ2) is 4.94. The van der Waals surface area contributed by atoms with Gasteiger partial charge in [-0.25, -0.2) is 4.98 Å². The molecule has 0 fully saturated rings. The molecule has 2 aromatic rings. The van der Waals surface area contributed by atoms with Crippen LogP contribution in [0.5, 0.6) is 0 Å². The highest BCUT2D eigenvalue weighted by atomic mass is 16.5. The number of anilines is 1. The number of hydrogen-bond acceptors (Lipinski definition) is 5. The summed E-state index contributed by atoms with van der Waals surface area (Å²) in [5.41, 5.74) is 2.92. The van der Waals surface area contributed by atoms with Gasteiger partial charge in [0.1, 0.15) is 0 Å². The van der Waals surface area contributed by atoms with Gasteiger partial charge in [0.2, 0.25) is 0 Å². The Kier molecular flexibility index (Phi) is 3.36. The van der Waals surface area contributed by atoms with E-state index in [9.17, 15) is 4.79 Å². The van der Waals surface area contributed by atoms with E-state index >= 15 is 0 Å². The lowest BCUT2D eigenvalue weighted by molar-refractivity contribution is 0.186. The molecule has 0 unspecified atom stereocenters. The zero-order valence-corrected chi connectivity index (χ0v) is 9.38. The van der Waals surface area contributed by atoms with Crippen LogP contribution >= 0.6 is 0 Å². The highest BCUT2D eigenvalue weighted by molar-refractivity contribution is 5.81. The minimum atomic E-state index is -0.149. The third kappa shape index (κ3) is 2.27. The van der Waals surface area contributed by atoms with Gasteiger partial charge in [-0.1, -0.05) is 0 Å². The quantitative estimate of drug-likeness (QED) is 0.768. The lowest BCUT2D eigenvalue weighted by Gasteiger charge is -2.06. The molecule has 90 valence electrons. The molecule has 0 atom stereocenters. The molecule has 2 N–H and O–H groups in total. The van der Waals surface area contributed by atoms with Gasteiger partial charge in [-0.2, -0.15) is 0 Å². The van der Waals surface area contributed by atoms with Crippen molar-refractivity contribution in [2.45, 2.75) is 6.54 Å². The smallest absolute Gasteiger partial charge is 0.261 e. The molecule has 1 heterocycles. The van der Waals surface area contributed by atoms with E-state index in [0.29, 0.717) is 29.7 Å². The number of benzene rings is 1. The molecule has 0 bridgehead atoms. The minimum absolute atomic E-state index is 0.149. The molecule has 6 nitrogen and oxygen atoms in total. The second-order valence-corrected chi connectivity index (χ2v) is 3.58. The van der Waals surface area contributed by atoms with Crippen molar-refractivity contribution < 1.29 is 9.94 Å². The van der Waals surface area contributed by atoms with Crippen LogP contribution in [0.25, 0.3) is 10.9 Å². The molecule has 0 radical (unpaired) electrons. The number of rotatable bonds is 4. The predicted molar refractivity (Wildman–Crippen MR) is 63.3 cm³/mol. The fourth-order valence-electron chi connectivity index (χ4n) is 1.58. The Bertz CT molecular complexity index is 580. The van der Waals surface area contributed by atoms with Gasteiger partial charge in [-0.15, -0.1) is 0 Å². The summed E-state index contributed by atoms with van der Waals surface area (Å²) < 4.78 is 6.40. The Morgan fingerprint density at radius 2 is 2.35 bits per heavy atom. The van der Waals surface area contributed by atoms with Gasteiger partial charge in [-0.3, -0.25) is 20.0 Å². The minimum Gasteiger partial charge on any atom is -0.383 e. The van der Waals surface area contributed by atoms with Crippen molar-refractivity contribution in [3.63, 3.8) is 0 Å². The van der Waals surface area contributed by atoms with E-state index in [1.54, 1.807) is 25.3 Å². The third-order valence-corrected chi connectivity index (χ3v) is 2.49. The van der Waals surface area contributed by atoms with Crippen LogP contribution in [0.3, 0.4) is 0 Å². The molecule has 0 aliphatic heterocycles. The monoisotopic (exact) mass is 235 g/mol. The molecule has 1 aromatic carbocycles. The van der Waals surface area contributed by atoms with Gasteiger partial charge in [0.05, 0.1) is 36.1 Å². The maximum absolute atomic E-state index is 12.1. The van der Waals surface area contributed by atoms with Crippen LogP contribution in [-0.4, -0.2) is 28.5 Å². The van der Waals surface area contributed by atoms with E-state index < -0.39 is 0 Å². The average Bonchev–Trinajstić information content (AvgIpc) is 2.38. The normalized spacial score (nSPS) is 10.7. The standard InChI is InChI=1S/C11H13N3O3/c1-17-5-4-14-7-12-10-3-2-8(13-16)6-9(10)11(14)15/h2-3,6-7,13,16H,4-5H2,1H3. The van der Waals surface area contributed by atoms with Crippen LogP contribution in [0.4, 0.5) is 5.69 Å². The van der Waals surface area contributed by atoms with Gasteiger partial charge in [0.25, 0.3) is 5.56 Å². The van der Waals surface area contributed by atoms with Crippen molar-refractivity contribution in [1.82, 2.24) is 9.55 Å². The molecule has 6 heteroatoms. The molecular formula is C11H13N3O3. The topological polar surface area (TPSA) is 76.4 Å². The van der Waals surface area contributed by atoms with Gasteiger partial charge in [0.15, 0.2) is 0 Å². The number of nitrogens with one attached hydrogen (secondary N) is 1. The lowest BCUT2D eigenvalue weighted by atomic mass is 10.2. The third-order valence-electron chi connectivity index (χ3n) is 2.49. The molecule has 17 heavy (non-hydrogen) atoms. The summed E-state index contributed by atoms with van der Waals surface area (Å²) in [7, 11) is 1.58. The van der Waals surface area contributed by atoms with Crippen molar-refractivity contribution in [2.24, 2.45) is 0 Å². The van der Waals surface area contributed by atoms with Crippen molar-refractivity contribution in [1.29, 1.82) is 0 Å². The van der Waals surface area contributed by atoms with Crippen molar-refractivity contribution in [2.75, 3.05) is 19.2 Å². The molecule has 0 aliphatic rings. The summed E-state index contributed by atoms with van der Waals surface area (Å²) in [6, 6.07) is 4.89. The molecule has 0 saturated carbocycles. The van der Waals surface area contributed by atoms with Gasteiger partial charge >= 0.3 is 0 Å². The van der Waals surface area contributed by atoms with Crippen LogP contribution in [0.1, 0.15) is 0 Å². The number of nitrogens with zero attached hydrogens (tertiary/aromatic N) is 2. The molecule has 0 spiro atoms. The molecule has 0 saturated heterocycles. The summed E-state index contributed by atoms with van der Waals surface area (Å²) in [5.74, 6) is 0. The fraction of sp³-hybridized carbons (Fsp3) is 0.273. The molecule has 0 aliphatic carbocycles. The van der Waals surface area contributed by atoms with Gasteiger partial charge < -0.3 is 4.74 Å². The van der Waals surface area contributed by atoms with E-state index in [1.807, 2.05) is 5.48 Å². The van der Waals surface area contributed by atoms with E-state index in [4.69, 9.17) is 9.94 Å². The molecule has 0 amide bonds. The summed E-state index contributed by atoms with van der Waals surface area (Å²) >= 11 is 0. The summed E-state index contributed by atoms with van der Waals surface area (Å²) in [6.07, 6.45) is 1.50. The lowest BCUT2D eigenvalue weighted by Crippen LogP contribution is -2.22. The Hall–Kier alpha value is -1.92. The second-order valence-electron chi connectivity index (χ2n) is 3.58. The van der Waals surface area contributed by atoms with Crippen LogP contribution in [0, 0.1) is 0 Å². The largest absolute Gasteiger partial charge is 0.383 e. The molecule has 1 aromatic heterocycles. The van der Waals surface area contributed by atoms with Crippen LogP contribution in [-0.2, 0) is 11.3 Å². The van der Waals surface area contributed by atoms with Crippen LogP contribution < -0.4 is 11.0 Å². The van der Waals surface area contributed by atoms with Gasteiger partial charge in [0, 0.05) is 7.11 Å². The van der Waals surface area contributed by atoms with E-state index in [-0.39, 0.29) is 5.56 Å². The number of methoxy groups -OCH3 is 1. The van der Waals surface area contributed by atoms with Crippen molar-refractivity contribution in [3.8, 4) is 0 Å². The Morgan fingerprint density at radius 1 is 1.53 bits per heavy atom. The Morgan fingerprint density at radius 3 is 3.06 bits per heavy atom. The number of aromatic nitrogens is 2. The fourth-order valence-corrected chi connectivity index (χ4v) is 1.58. The Labute approximate surface area is 97.4 Å². The van der Waals surface area contributed by atoms with E-state index in [1.165, 1.54) is 10.9 Å². The highest BCUT2D eigenvalue weighted by Crippen LogP contribution is 2.13. The maximum atomic E-state index is 12.1. The number of fused-ring (bicyclic) bond motifs is 1. The van der Waals surface area contributed by atoms with Crippen LogP contribution in [0.15, 0.2) is 29.3 Å². The first-order chi connectivity index (χ1) is 8.26. The van der Waals surface area contributed by atoms with E-state index in [0.717, 1.165) is 0 Å². The first-order valence-corrected chi connectivity index (χ1v) is 5.14. The van der Waals surface area contributed by atoms with Crippen LogP contribution in [0.2, 0.25) is 0 Å².